The molecule has 0 aromatic carbocycles. The van der Waals surface area contributed by atoms with E-state index in [0.29, 0.717) is 23.0 Å². The third-order valence-electron chi connectivity index (χ3n) is 9.55. The van der Waals surface area contributed by atoms with Crippen LogP contribution in [-0.2, 0) is 9.47 Å². The Hall–Kier alpha value is -0.800. The molecule has 0 amide bonds. The molecule has 4 aliphatic rings. The lowest BCUT2D eigenvalue weighted by atomic mass is 9.47. The van der Waals surface area contributed by atoms with E-state index in [9.17, 15) is 5.11 Å². The van der Waals surface area contributed by atoms with Gasteiger partial charge < -0.3 is 14.6 Å². The lowest BCUT2D eigenvalue weighted by Gasteiger charge is -2.57. The highest BCUT2D eigenvalue weighted by atomic mass is 16.7. The largest absolute Gasteiger partial charge is 0.512 e. The van der Waals surface area contributed by atoms with Crippen molar-refractivity contribution in [1.82, 2.24) is 0 Å². The maximum absolute atomic E-state index is 10.1. The van der Waals surface area contributed by atoms with Gasteiger partial charge in [0.1, 0.15) is 0 Å². The fourth-order valence-corrected chi connectivity index (χ4v) is 8.08. The predicted octanol–water partition coefficient (Wildman–Crippen LogP) is 6.65. The van der Waals surface area contributed by atoms with Crippen molar-refractivity contribution >= 4 is 0 Å². The second-order valence-electron chi connectivity index (χ2n) is 10.7. The van der Waals surface area contributed by atoms with Crippen molar-refractivity contribution < 1.29 is 14.6 Å². The first-order valence-electron chi connectivity index (χ1n) is 12.2. The molecule has 0 radical (unpaired) electrons. The molecule has 29 heavy (non-hydrogen) atoms. The molecule has 0 heterocycles. The van der Waals surface area contributed by atoms with Crippen LogP contribution in [0.5, 0.6) is 0 Å². The van der Waals surface area contributed by atoms with Crippen molar-refractivity contribution in [2.45, 2.75) is 85.9 Å². The molecule has 164 valence electrons. The average Bonchev–Trinajstić information content (AvgIpc) is 3.05. The molecule has 1 N–H and O–H groups in total. The van der Waals surface area contributed by atoms with Gasteiger partial charge in [-0.15, -0.1) is 0 Å². The summed E-state index contributed by atoms with van der Waals surface area (Å²) >= 11 is 0. The lowest BCUT2D eigenvalue weighted by molar-refractivity contribution is -0.185. The number of hydrogen-bond acceptors (Lipinski definition) is 3. The van der Waals surface area contributed by atoms with Crippen LogP contribution < -0.4 is 0 Å². The van der Waals surface area contributed by atoms with Crippen LogP contribution in [-0.4, -0.2) is 24.6 Å². The summed E-state index contributed by atoms with van der Waals surface area (Å²) in [7, 11) is 0. The van der Waals surface area contributed by atoms with Crippen molar-refractivity contribution in [3.8, 4) is 0 Å². The van der Waals surface area contributed by atoms with Crippen molar-refractivity contribution in [3.63, 3.8) is 0 Å². The Morgan fingerprint density at radius 1 is 1.07 bits per heavy atom. The predicted molar refractivity (Wildman–Crippen MR) is 117 cm³/mol. The minimum atomic E-state index is -0.0647. The maximum atomic E-state index is 10.1. The maximum Gasteiger partial charge on any atom is 0.160 e. The molecular weight excluding hydrogens is 360 g/mol. The molecule has 7 atom stereocenters. The summed E-state index contributed by atoms with van der Waals surface area (Å²) in [5, 5.41) is 10.1. The zero-order valence-electron chi connectivity index (χ0n) is 19.2. The Balaban J connectivity index is 1.57. The second kappa shape index (κ2) is 8.04. The highest BCUT2D eigenvalue weighted by Gasteiger charge is 2.59. The van der Waals surface area contributed by atoms with Crippen molar-refractivity contribution in [2.75, 3.05) is 13.2 Å². The van der Waals surface area contributed by atoms with Gasteiger partial charge in [-0.05, 0) is 98.5 Å². The lowest BCUT2D eigenvalue weighted by Crippen LogP contribution is -2.50. The van der Waals surface area contributed by atoms with Gasteiger partial charge in [0.05, 0.1) is 5.76 Å². The summed E-state index contributed by atoms with van der Waals surface area (Å²) < 4.78 is 12.0. The Kier molecular flexibility index (Phi) is 5.94. The minimum Gasteiger partial charge on any atom is -0.512 e. The van der Waals surface area contributed by atoms with E-state index in [-0.39, 0.29) is 11.7 Å². The molecule has 3 heteroatoms. The zero-order valence-corrected chi connectivity index (χ0v) is 19.2. The van der Waals surface area contributed by atoms with Crippen molar-refractivity contribution in [3.05, 3.63) is 23.5 Å². The van der Waals surface area contributed by atoms with Gasteiger partial charge in [-0.1, -0.05) is 26.8 Å². The summed E-state index contributed by atoms with van der Waals surface area (Å²) in [5.74, 6) is 4.10. The topological polar surface area (TPSA) is 38.7 Å². The van der Waals surface area contributed by atoms with E-state index in [0.717, 1.165) is 43.8 Å². The number of fused-ring (bicyclic) bond motifs is 5. The molecule has 0 aromatic rings. The van der Waals surface area contributed by atoms with Crippen LogP contribution in [0.25, 0.3) is 0 Å². The molecule has 4 rings (SSSR count). The first-order chi connectivity index (χ1) is 13.8. The second-order valence-corrected chi connectivity index (χ2v) is 10.7. The molecular formula is C26H42O3. The summed E-state index contributed by atoms with van der Waals surface area (Å²) in [6, 6.07) is 0. The van der Waals surface area contributed by atoms with Crippen LogP contribution in [0.4, 0.5) is 0 Å². The van der Waals surface area contributed by atoms with E-state index < -0.39 is 0 Å². The monoisotopic (exact) mass is 402 g/mol. The number of aliphatic hydroxyl groups excluding tert-OH is 1. The van der Waals surface area contributed by atoms with Gasteiger partial charge in [0, 0.05) is 25.6 Å². The molecule has 2 fully saturated rings. The highest BCUT2D eigenvalue weighted by molar-refractivity contribution is 5.35. The van der Waals surface area contributed by atoms with E-state index in [4.69, 9.17) is 9.47 Å². The van der Waals surface area contributed by atoms with E-state index >= 15 is 0 Å². The summed E-state index contributed by atoms with van der Waals surface area (Å²) in [5.41, 5.74) is 2.09. The van der Waals surface area contributed by atoms with Crippen LogP contribution in [0, 0.1) is 40.4 Å². The SMILES string of the molecule is CCOC(OCC)[C@@H](C)[C@H]1CC[C@H]2[C@@H]3CC=C4C=C(O)CC[C@]4(C)[C@H]3CC[C@]12C. The Labute approximate surface area is 177 Å². The Morgan fingerprint density at radius 2 is 1.79 bits per heavy atom. The number of ether oxygens (including phenoxy) is 2. The van der Waals surface area contributed by atoms with E-state index in [1.165, 1.54) is 37.7 Å². The first kappa shape index (κ1) is 21.4. The van der Waals surface area contributed by atoms with Gasteiger partial charge in [0.25, 0.3) is 0 Å². The Bertz CT molecular complexity index is 661. The third-order valence-corrected chi connectivity index (χ3v) is 9.55. The summed E-state index contributed by atoms with van der Waals surface area (Å²) in [6.45, 7) is 13.0. The molecule has 4 aliphatic carbocycles. The highest BCUT2D eigenvalue weighted by Crippen LogP contribution is 2.67. The molecule has 0 unspecified atom stereocenters. The molecule has 0 aliphatic heterocycles. The minimum absolute atomic E-state index is 0.0647. The molecule has 0 aromatic heterocycles. The quantitative estimate of drug-likeness (QED) is 0.505. The van der Waals surface area contributed by atoms with E-state index in [1.54, 1.807) is 0 Å². The van der Waals surface area contributed by atoms with Crippen LogP contribution in [0.3, 0.4) is 0 Å². The van der Waals surface area contributed by atoms with Crippen LogP contribution in [0.1, 0.15) is 79.6 Å². The van der Waals surface area contributed by atoms with Gasteiger partial charge in [-0.3, -0.25) is 0 Å². The summed E-state index contributed by atoms with van der Waals surface area (Å²) in [4.78, 5) is 0. The van der Waals surface area contributed by atoms with Crippen molar-refractivity contribution in [2.24, 2.45) is 40.4 Å². The van der Waals surface area contributed by atoms with Gasteiger partial charge in [-0.25, -0.2) is 0 Å². The van der Waals surface area contributed by atoms with E-state index in [2.05, 4.69) is 46.8 Å². The van der Waals surface area contributed by atoms with E-state index in [1.807, 2.05) is 0 Å². The zero-order chi connectivity index (χ0) is 20.8. The van der Waals surface area contributed by atoms with Gasteiger partial charge >= 0.3 is 0 Å². The fourth-order valence-electron chi connectivity index (χ4n) is 8.08. The molecule has 2 saturated carbocycles. The van der Waals surface area contributed by atoms with Gasteiger partial charge in [-0.2, -0.15) is 0 Å². The molecule has 3 nitrogen and oxygen atoms in total. The number of aliphatic hydroxyl groups is 1. The van der Waals surface area contributed by atoms with Crippen LogP contribution >= 0.6 is 0 Å². The smallest absolute Gasteiger partial charge is 0.160 e. The van der Waals surface area contributed by atoms with Gasteiger partial charge in [0.2, 0.25) is 0 Å². The average molecular weight is 403 g/mol. The molecule has 0 saturated heterocycles. The number of allylic oxidation sites excluding steroid dienone is 4. The number of rotatable bonds is 6. The first-order valence-corrected chi connectivity index (χ1v) is 12.2. The van der Waals surface area contributed by atoms with Crippen molar-refractivity contribution in [1.29, 1.82) is 0 Å². The van der Waals surface area contributed by atoms with Crippen LogP contribution in [0.15, 0.2) is 23.5 Å². The van der Waals surface area contributed by atoms with Crippen LogP contribution in [0.2, 0.25) is 0 Å². The van der Waals surface area contributed by atoms with Gasteiger partial charge in [0.15, 0.2) is 6.29 Å². The fraction of sp³-hybridized carbons (Fsp3) is 0.846. The third kappa shape index (κ3) is 3.41. The summed E-state index contributed by atoms with van der Waals surface area (Å²) in [6.07, 6.45) is 13.0. The molecule has 0 bridgehead atoms. The molecule has 0 spiro atoms. The Morgan fingerprint density at radius 3 is 2.48 bits per heavy atom. The standard InChI is InChI=1S/C26H42O3/c1-6-28-24(29-7-2)17(3)21-10-11-22-20-9-8-18-16-19(27)12-14-25(18,4)23(20)13-15-26(21,22)5/h8,16-17,20-24,27H,6-7,9-15H2,1-5H3/t17-,20-,21+,22-,23-,25-,26+/m0/s1. The normalized spacial score (nSPS) is 42.6. The number of hydrogen-bond donors (Lipinski definition) is 1.